The van der Waals surface area contributed by atoms with Gasteiger partial charge >= 0.3 is 0 Å². The Labute approximate surface area is 160 Å². The molecule has 6 heteroatoms. The van der Waals surface area contributed by atoms with Gasteiger partial charge in [0.15, 0.2) is 0 Å². The molecule has 0 bridgehead atoms. The molecule has 2 fully saturated rings. The molecule has 2 saturated heterocycles. The molecule has 2 aliphatic rings. The SMILES string of the molecule is CC(C)Oc1ccc(N2CC(C(=O)N(C)C3CCSCC3)CC2=O)cc1. The van der Waals surface area contributed by atoms with Crippen LogP contribution in [0, 0.1) is 5.92 Å². The first-order chi connectivity index (χ1) is 12.5. The highest BCUT2D eigenvalue weighted by molar-refractivity contribution is 7.99. The number of benzene rings is 1. The lowest BCUT2D eigenvalue weighted by Crippen LogP contribution is -2.43. The molecular formula is C20H28N2O3S. The maximum Gasteiger partial charge on any atom is 0.228 e. The van der Waals surface area contributed by atoms with Crippen molar-refractivity contribution in [3.8, 4) is 5.75 Å². The number of thioether (sulfide) groups is 1. The second-order valence-corrected chi connectivity index (χ2v) is 8.58. The minimum absolute atomic E-state index is 0.0217. The first-order valence-electron chi connectivity index (χ1n) is 9.37. The molecule has 0 aromatic heterocycles. The average Bonchev–Trinajstić information content (AvgIpc) is 3.03. The molecule has 1 aromatic carbocycles. The van der Waals surface area contributed by atoms with Gasteiger partial charge in [0.25, 0.3) is 0 Å². The van der Waals surface area contributed by atoms with Gasteiger partial charge in [-0.05, 0) is 62.5 Å². The predicted molar refractivity (Wildman–Crippen MR) is 106 cm³/mol. The molecular weight excluding hydrogens is 348 g/mol. The van der Waals surface area contributed by atoms with Crippen LogP contribution in [0.25, 0.3) is 0 Å². The Hall–Kier alpha value is -1.69. The number of amides is 2. The molecule has 0 radical (unpaired) electrons. The Kier molecular flexibility index (Phi) is 6.12. The Morgan fingerprint density at radius 3 is 2.50 bits per heavy atom. The van der Waals surface area contributed by atoms with Crippen LogP contribution < -0.4 is 9.64 Å². The van der Waals surface area contributed by atoms with Crippen molar-refractivity contribution in [1.29, 1.82) is 0 Å². The van der Waals surface area contributed by atoms with Crippen molar-refractivity contribution < 1.29 is 14.3 Å². The van der Waals surface area contributed by atoms with E-state index in [1.54, 1.807) is 4.90 Å². The number of carbonyl (C=O) groups is 2. The summed E-state index contributed by atoms with van der Waals surface area (Å²) in [7, 11) is 1.90. The van der Waals surface area contributed by atoms with Crippen LogP contribution in [0.4, 0.5) is 5.69 Å². The van der Waals surface area contributed by atoms with E-state index < -0.39 is 0 Å². The van der Waals surface area contributed by atoms with E-state index in [0.29, 0.717) is 19.0 Å². The highest BCUT2D eigenvalue weighted by atomic mass is 32.2. The summed E-state index contributed by atoms with van der Waals surface area (Å²) >= 11 is 1.95. The summed E-state index contributed by atoms with van der Waals surface area (Å²) in [5, 5.41) is 0. The molecule has 0 N–H and O–H groups in total. The zero-order valence-electron chi connectivity index (χ0n) is 15.8. The van der Waals surface area contributed by atoms with Crippen LogP contribution in [0.5, 0.6) is 5.75 Å². The molecule has 1 atom stereocenters. The Morgan fingerprint density at radius 1 is 1.23 bits per heavy atom. The topological polar surface area (TPSA) is 49.9 Å². The number of hydrogen-bond acceptors (Lipinski definition) is 4. The molecule has 0 spiro atoms. The summed E-state index contributed by atoms with van der Waals surface area (Å²) in [6.45, 7) is 4.43. The fourth-order valence-corrected chi connectivity index (χ4v) is 4.72. The normalized spacial score (nSPS) is 21.3. The lowest BCUT2D eigenvalue weighted by atomic mass is 10.0. The van der Waals surface area contributed by atoms with Crippen molar-refractivity contribution in [3.63, 3.8) is 0 Å². The molecule has 5 nitrogen and oxygen atoms in total. The molecule has 0 aliphatic carbocycles. The summed E-state index contributed by atoms with van der Waals surface area (Å²) in [4.78, 5) is 29.0. The van der Waals surface area contributed by atoms with E-state index in [1.807, 2.05) is 61.8 Å². The van der Waals surface area contributed by atoms with E-state index in [0.717, 1.165) is 35.8 Å². The van der Waals surface area contributed by atoms with Crippen LogP contribution in [0.1, 0.15) is 33.1 Å². The van der Waals surface area contributed by atoms with Gasteiger partial charge in [-0.3, -0.25) is 9.59 Å². The van der Waals surface area contributed by atoms with Crippen LogP contribution in [0.2, 0.25) is 0 Å². The molecule has 142 valence electrons. The monoisotopic (exact) mass is 376 g/mol. The maximum absolute atomic E-state index is 12.9. The number of hydrogen-bond donors (Lipinski definition) is 0. The zero-order valence-corrected chi connectivity index (χ0v) is 16.6. The van der Waals surface area contributed by atoms with Gasteiger partial charge in [-0.15, -0.1) is 0 Å². The summed E-state index contributed by atoms with van der Waals surface area (Å²) in [5.74, 6) is 2.91. The summed E-state index contributed by atoms with van der Waals surface area (Å²) in [5.41, 5.74) is 0.832. The largest absolute Gasteiger partial charge is 0.491 e. The van der Waals surface area contributed by atoms with Gasteiger partial charge in [0.2, 0.25) is 11.8 Å². The molecule has 26 heavy (non-hydrogen) atoms. The first kappa shape index (κ1) is 19.1. The van der Waals surface area contributed by atoms with Crippen molar-refractivity contribution in [3.05, 3.63) is 24.3 Å². The second-order valence-electron chi connectivity index (χ2n) is 7.36. The zero-order chi connectivity index (χ0) is 18.7. The van der Waals surface area contributed by atoms with Gasteiger partial charge in [0.05, 0.1) is 12.0 Å². The Balaban J connectivity index is 1.63. The molecule has 1 aromatic rings. The number of anilines is 1. The van der Waals surface area contributed by atoms with Gasteiger partial charge in [-0.1, -0.05) is 0 Å². The minimum atomic E-state index is -0.242. The lowest BCUT2D eigenvalue weighted by Gasteiger charge is -2.32. The molecule has 1 unspecified atom stereocenters. The maximum atomic E-state index is 12.9. The van der Waals surface area contributed by atoms with E-state index in [4.69, 9.17) is 4.74 Å². The summed E-state index contributed by atoms with van der Waals surface area (Å²) in [6.07, 6.45) is 2.52. The third-order valence-corrected chi connectivity index (χ3v) is 6.13. The average molecular weight is 377 g/mol. The number of rotatable bonds is 5. The van der Waals surface area contributed by atoms with E-state index in [1.165, 1.54) is 0 Å². The number of ether oxygens (including phenoxy) is 1. The standard InChI is InChI=1S/C20H28N2O3S/c1-14(2)25-18-6-4-17(5-7-18)22-13-15(12-19(22)23)20(24)21(3)16-8-10-26-11-9-16/h4-7,14-16H,8-13H2,1-3H3. The van der Waals surface area contributed by atoms with Crippen molar-refractivity contribution in [1.82, 2.24) is 4.90 Å². The lowest BCUT2D eigenvalue weighted by molar-refractivity contribution is -0.136. The van der Waals surface area contributed by atoms with Crippen LogP contribution in [-0.4, -0.2) is 54.0 Å². The van der Waals surface area contributed by atoms with Crippen LogP contribution in [-0.2, 0) is 9.59 Å². The van der Waals surface area contributed by atoms with E-state index >= 15 is 0 Å². The number of nitrogens with zero attached hydrogens (tertiary/aromatic N) is 2. The van der Waals surface area contributed by atoms with Gasteiger partial charge in [0, 0.05) is 31.7 Å². The van der Waals surface area contributed by atoms with Crippen molar-refractivity contribution >= 4 is 29.3 Å². The summed E-state index contributed by atoms with van der Waals surface area (Å²) < 4.78 is 5.65. The van der Waals surface area contributed by atoms with Crippen molar-refractivity contribution in [2.45, 2.75) is 45.3 Å². The van der Waals surface area contributed by atoms with Crippen LogP contribution >= 0.6 is 11.8 Å². The summed E-state index contributed by atoms with van der Waals surface area (Å²) in [6, 6.07) is 7.86. The van der Waals surface area contributed by atoms with E-state index in [9.17, 15) is 9.59 Å². The fraction of sp³-hybridized carbons (Fsp3) is 0.600. The Morgan fingerprint density at radius 2 is 1.88 bits per heavy atom. The van der Waals surface area contributed by atoms with E-state index in [2.05, 4.69) is 0 Å². The molecule has 0 saturated carbocycles. The molecule has 2 amide bonds. The highest BCUT2D eigenvalue weighted by Gasteiger charge is 2.38. The first-order valence-corrected chi connectivity index (χ1v) is 10.5. The minimum Gasteiger partial charge on any atom is -0.491 e. The third-order valence-electron chi connectivity index (χ3n) is 5.08. The van der Waals surface area contributed by atoms with Gasteiger partial charge < -0.3 is 14.5 Å². The molecule has 3 rings (SSSR count). The van der Waals surface area contributed by atoms with Gasteiger partial charge in [-0.2, -0.15) is 11.8 Å². The van der Waals surface area contributed by atoms with Crippen molar-refractivity contribution in [2.24, 2.45) is 5.92 Å². The van der Waals surface area contributed by atoms with Crippen LogP contribution in [0.15, 0.2) is 24.3 Å². The smallest absolute Gasteiger partial charge is 0.228 e. The third kappa shape index (κ3) is 4.34. The van der Waals surface area contributed by atoms with Crippen molar-refractivity contribution in [2.75, 3.05) is 30.0 Å². The predicted octanol–water partition coefficient (Wildman–Crippen LogP) is 3.18. The van der Waals surface area contributed by atoms with Gasteiger partial charge in [-0.25, -0.2) is 0 Å². The Bertz CT molecular complexity index is 641. The van der Waals surface area contributed by atoms with Gasteiger partial charge in [0.1, 0.15) is 5.75 Å². The molecule has 2 aliphatic heterocycles. The second kappa shape index (κ2) is 8.33. The highest BCUT2D eigenvalue weighted by Crippen LogP contribution is 2.29. The van der Waals surface area contributed by atoms with Crippen LogP contribution in [0.3, 0.4) is 0 Å². The quantitative estimate of drug-likeness (QED) is 0.792. The van der Waals surface area contributed by atoms with E-state index in [-0.39, 0.29) is 23.8 Å². The molecule has 2 heterocycles. The fourth-order valence-electron chi connectivity index (χ4n) is 3.64. The number of carbonyl (C=O) groups excluding carboxylic acids is 2.